The van der Waals surface area contributed by atoms with Gasteiger partial charge < -0.3 is 0 Å². The first-order valence-electron chi connectivity index (χ1n) is 8.53. The standard InChI is InChI=1S/C20H30N2/c1-14(2)10-17-8-7-9-18(11-15(3)4)20(17)19-12-21-22(13-19)16(5)6/h7-9,12-16H,10-11H2,1-6H3. The molecule has 0 unspecified atom stereocenters. The van der Waals surface area contributed by atoms with E-state index >= 15 is 0 Å². The SMILES string of the molecule is CC(C)Cc1cccc(CC(C)C)c1-c1cnn(C(C)C)c1. The number of benzene rings is 1. The minimum Gasteiger partial charge on any atom is -0.270 e. The van der Waals surface area contributed by atoms with Crippen molar-refractivity contribution in [2.24, 2.45) is 11.8 Å². The summed E-state index contributed by atoms with van der Waals surface area (Å²) in [6, 6.07) is 7.18. The molecule has 2 nitrogen and oxygen atoms in total. The third-order valence-electron chi connectivity index (χ3n) is 3.91. The molecule has 0 aliphatic heterocycles. The summed E-state index contributed by atoms with van der Waals surface area (Å²) in [6.07, 6.45) is 6.47. The van der Waals surface area contributed by atoms with E-state index in [1.807, 2.05) is 6.20 Å². The molecule has 2 aromatic rings. The predicted molar refractivity (Wildman–Crippen MR) is 95.1 cm³/mol. The van der Waals surface area contributed by atoms with Crippen LogP contribution in [-0.4, -0.2) is 9.78 Å². The van der Waals surface area contributed by atoms with E-state index in [1.165, 1.54) is 22.3 Å². The van der Waals surface area contributed by atoms with E-state index in [0.29, 0.717) is 17.9 Å². The Morgan fingerprint density at radius 3 is 1.86 bits per heavy atom. The lowest BCUT2D eigenvalue weighted by atomic mass is 9.88. The molecule has 120 valence electrons. The normalized spacial score (nSPS) is 11.9. The van der Waals surface area contributed by atoms with Crippen molar-refractivity contribution in [3.05, 3.63) is 41.7 Å². The number of aromatic nitrogens is 2. The fourth-order valence-corrected chi connectivity index (χ4v) is 2.99. The first-order chi connectivity index (χ1) is 10.4. The van der Waals surface area contributed by atoms with Crippen molar-refractivity contribution < 1.29 is 0 Å². The van der Waals surface area contributed by atoms with Crippen LogP contribution in [0.15, 0.2) is 30.6 Å². The van der Waals surface area contributed by atoms with E-state index in [2.05, 4.69) is 75.7 Å². The Hall–Kier alpha value is -1.57. The summed E-state index contributed by atoms with van der Waals surface area (Å²) in [5, 5.41) is 4.55. The Morgan fingerprint density at radius 2 is 1.45 bits per heavy atom. The zero-order valence-corrected chi connectivity index (χ0v) is 14.9. The van der Waals surface area contributed by atoms with E-state index in [-0.39, 0.29) is 0 Å². The Balaban J connectivity index is 2.52. The zero-order chi connectivity index (χ0) is 16.3. The lowest BCUT2D eigenvalue weighted by Gasteiger charge is -2.17. The van der Waals surface area contributed by atoms with Gasteiger partial charge in [0.2, 0.25) is 0 Å². The Kier molecular flexibility index (Phi) is 5.44. The molecule has 2 rings (SSSR count). The van der Waals surface area contributed by atoms with Gasteiger partial charge in [0.25, 0.3) is 0 Å². The van der Waals surface area contributed by atoms with Crippen LogP contribution in [0.1, 0.15) is 58.7 Å². The molecule has 22 heavy (non-hydrogen) atoms. The van der Waals surface area contributed by atoms with Crippen LogP contribution in [0.2, 0.25) is 0 Å². The first kappa shape index (κ1) is 16.8. The average molecular weight is 298 g/mol. The molecule has 0 spiro atoms. The fraction of sp³-hybridized carbons (Fsp3) is 0.550. The Labute approximate surface area is 135 Å². The van der Waals surface area contributed by atoms with Crippen molar-refractivity contribution in [3.8, 4) is 11.1 Å². The summed E-state index contributed by atoms with van der Waals surface area (Å²) in [6.45, 7) is 13.5. The van der Waals surface area contributed by atoms with Gasteiger partial charge in [-0.2, -0.15) is 5.10 Å². The van der Waals surface area contributed by atoms with Crippen LogP contribution in [0.4, 0.5) is 0 Å². The van der Waals surface area contributed by atoms with Crippen molar-refractivity contribution in [1.82, 2.24) is 9.78 Å². The molecule has 1 aromatic heterocycles. The molecule has 2 heteroatoms. The molecule has 0 saturated carbocycles. The molecule has 0 radical (unpaired) electrons. The lowest BCUT2D eigenvalue weighted by Crippen LogP contribution is -2.03. The van der Waals surface area contributed by atoms with E-state index in [1.54, 1.807) is 0 Å². The van der Waals surface area contributed by atoms with E-state index in [4.69, 9.17) is 0 Å². The van der Waals surface area contributed by atoms with Crippen molar-refractivity contribution in [1.29, 1.82) is 0 Å². The maximum Gasteiger partial charge on any atom is 0.0568 e. The maximum atomic E-state index is 4.55. The second-order valence-corrected chi connectivity index (χ2v) is 7.45. The topological polar surface area (TPSA) is 17.8 Å². The Morgan fingerprint density at radius 1 is 0.909 bits per heavy atom. The Bertz CT molecular complexity index is 578. The highest BCUT2D eigenvalue weighted by Gasteiger charge is 2.15. The summed E-state index contributed by atoms with van der Waals surface area (Å²) in [5.41, 5.74) is 5.59. The maximum absolute atomic E-state index is 4.55. The summed E-state index contributed by atoms with van der Waals surface area (Å²) in [7, 11) is 0. The van der Waals surface area contributed by atoms with Gasteiger partial charge in [0, 0.05) is 17.8 Å². The fourth-order valence-electron chi connectivity index (χ4n) is 2.99. The smallest absolute Gasteiger partial charge is 0.0568 e. The van der Waals surface area contributed by atoms with Crippen LogP contribution in [0.5, 0.6) is 0 Å². The summed E-state index contributed by atoms with van der Waals surface area (Å²) in [4.78, 5) is 0. The molecule has 0 atom stereocenters. The molecule has 1 heterocycles. The molecule has 0 fully saturated rings. The molecular formula is C20H30N2. The van der Waals surface area contributed by atoms with E-state index < -0.39 is 0 Å². The van der Waals surface area contributed by atoms with Gasteiger partial charge >= 0.3 is 0 Å². The van der Waals surface area contributed by atoms with E-state index in [0.717, 1.165) is 12.8 Å². The molecule has 0 amide bonds. The van der Waals surface area contributed by atoms with Crippen LogP contribution in [0.25, 0.3) is 11.1 Å². The number of hydrogen-bond donors (Lipinski definition) is 0. The molecule has 0 bridgehead atoms. The van der Waals surface area contributed by atoms with Crippen molar-refractivity contribution in [2.45, 2.75) is 60.4 Å². The first-order valence-corrected chi connectivity index (χ1v) is 8.53. The summed E-state index contributed by atoms with van der Waals surface area (Å²) >= 11 is 0. The molecule has 0 aliphatic rings. The minimum atomic E-state index is 0.402. The molecule has 1 aromatic carbocycles. The average Bonchev–Trinajstić information content (AvgIpc) is 2.87. The molecular weight excluding hydrogens is 268 g/mol. The summed E-state index contributed by atoms with van der Waals surface area (Å²) in [5.74, 6) is 1.32. The quantitative estimate of drug-likeness (QED) is 0.685. The third-order valence-corrected chi connectivity index (χ3v) is 3.91. The van der Waals surface area contributed by atoms with Gasteiger partial charge in [0.15, 0.2) is 0 Å². The van der Waals surface area contributed by atoms with Crippen LogP contribution >= 0.6 is 0 Å². The van der Waals surface area contributed by atoms with Gasteiger partial charge in [0.1, 0.15) is 0 Å². The van der Waals surface area contributed by atoms with Crippen molar-refractivity contribution in [2.75, 3.05) is 0 Å². The van der Waals surface area contributed by atoms with E-state index in [9.17, 15) is 0 Å². The van der Waals surface area contributed by atoms with Gasteiger partial charge in [0.05, 0.1) is 6.20 Å². The number of nitrogens with zero attached hydrogens (tertiary/aromatic N) is 2. The largest absolute Gasteiger partial charge is 0.270 e. The van der Waals surface area contributed by atoms with Gasteiger partial charge in [-0.05, 0) is 55.2 Å². The monoisotopic (exact) mass is 298 g/mol. The van der Waals surface area contributed by atoms with Gasteiger partial charge in [-0.1, -0.05) is 45.9 Å². The van der Waals surface area contributed by atoms with Gasteiger partial charge in [-0.15, -0.1) is 0 Å². The highest BCUT2D eigenvalue weighted by Crippen LogP contribution is 2.31. The summed E-state index contributed by atoms with van der Waals surface area (Å²) < 4.78 is 2.06. The highest BCUT2D eigenvalue weighted by atomic mass is 15.3. The van der Waals surface area contributed by atoms with Gasteiger partial charge in [-0.25, -0.2) is 0 Å². The molecule has 0 N–H and O–H groups in total. The zero-order valence-electron chi connectivity index (χ0n) is 14.9. The lowest BCUT2D eigenvalue weighted by molar-refractivity contribution is 0.532. The van der Waals surface area contributed by atoms with Crippen LogP contribution in [-0.2, 0) is 12.8 Å². The van der Waals surface area contributed by atoms with Gasteiger partial charge in [-0.3, -0.25) is 4.68 Å². The third kappa shape index (κ3) is 4.00. The molecule has 0 saturated heterocycles. The molecule has 0 aliphatic carbocycles. The number of hydrogen-bond acceptors (Lipinski definition) is 1. The van der Waals surface area contributed by atoms with Crippen molar-refractivity contribution in [3.63, 3.8) is 0 Å². The minimum absolute atomic E-state index is 0.402. The number of rotatable bonds is 6. The predicted octanol–water partition coefficient (Wildman–Crippen LogP) is 5.53. The van der Waals surface area contributed by atoms with Crippen LogP contribution < -0.4 is 0 Å². The second-order valence-electron chi connectivity index (χ2n) is 7.45. The van der Waals surface area contributed by atoms with Crippen molar-refractivity contribution >= 4 is 0 Å². The highest BCUT2D eigenvalue weighted by molar-refractivity contribution is 5.70. The second kappa shape index (κ2) is 7.13. The van der Waals surface area contributed by atoms with Crippen LogP contribution in [0, 0.1) is 11.8 Å². The van der Waals surface area contributed by atoms with Crippen LogP contribution in [0.3, 0.4) is 0 Å².